The number of hydrogen-bond donors (Lipinski definition) is 2. The Kier molecular flexibility index (Phi) is 5.94. The van der Waals surface area contributed by atoms with Crippen molar-refractivity contribution in [1.82, 2.24) is 5.32 Å². The maximum Gasteiger partial charge on any atom is 0.0346 e. The van der Waals surface area contributed by atoms with Crippen molar-refractivity contribution in [2.45, 2.75) is 33.1 Å². The molecule has 0 saturated carbocycles. The van der Waals surface area contributed by atoms with Crippen molar-refractivity contribution >= 4 is 5.69 Å². The zero-order valence-corrected chi connectivity index (χ0v) is 10.5. The molecule has 0 aliphatic heterocycles. The van der Waals surface area contributed by atoms with Crippen molar-refractivity contribution in [1.29, 1.82) is 0 Å². The number of nitrogens with two attached hydrogens (primary N) is 1. The van der Waals surface area contributed by atoms with Gasteiger partial charge >= 0.3 is 0 Å². The fourth-order valence-electron chi connectivity index (χ4n) is 1.66. The van der Waals surface area contributed by atoms with E-state index in [1.54, 1.807) is 0 Å². The summed E-state index contributed by atoms with van der Waals surface area (Å²) in [5.74, 6) is 0.779. The third-order valence-corrected chi connectivity index (χ3v) is 3.04. The van der Waals surface area contributed by atoms with Crippen LogP contribution < -0.4 is 11.1 Å². The maximum absolute atomic E-state index is 5.88. The Morgan fingerprint density at radius 3 is 2.75 bits per heavy atom. The van der Waals surface area contributed by atoms with Gasteiger partial charge in [-0.3, -0.25) is 0 Å². The molecule has 0 radical (unpaired) electrons. The highest BCUT2D eigenvalue weighted by molar-refractivity contribution is 5.46. The molecule has 0 spiro atoms. The highest BCUT2D eigenvalue weighted by atomic mass is 14.8. The topological polar surface area (TPSA) is 38.0 Å². The summed E-state index contributed by atoms with van der Waals surface area (Å²) in [4.78, 5) is 0. The average molecular weight is 220 g/mol. The molecular weight excluding hydrogens is 196 g/mol. The van der Waals surface area contributed by atoms with Gasteiger partial charge in [0, 0.05) is 5.69 Å². The van der Waals surface area contributed by atoms with Gasteiger partial charge < -0.3 is 11.1 Å². The van der Waals surface area contributed by atoms with Crippen molar-refractivity contribution in [2.24, 2.45) is 5.92 Å². The van der Waals surface area contributed by atoms with E-state index in [-0.39, 0.29) is 0 Å². The second kappa shape index (κ2) is 7.29. The van der Waals surface area contributed by atoms with Crippen LogP contribution in [0.2, 0.25) is 0 Å². The number of benzene rings is 1. The molecule has 0 heterocycles. The number of aryl methyl sites for hydroxylation is 1. The summed E-state index contributed by atoms with van der Waals surface area (Å²) < 4.78 is 0. The van der Waals surface area contributed by atoms with Gasteiger partial charge in [0.2, 0.25) is 0 Å². The van der Waals surface area contributed by atoms with Crippen molar-refractivity contribution < 1.29 is 0 Å². The Balaban J connectivity index is 2.14. The molecule has 1 rings (SSSR count). The van der Waals surface area contributed by atoms with Gasteiger partial charge in [0.1, 0.15) is 0 Å². The summed E-state index contributed by atoms with van der Waals surface area (Å²) in [6.45, 7) is 6.72. The first-order valence-corrected chi connectivity index (χ1v) is 6.28. The summed E-state index contributed by atoms with van der Waals surface area (Å²) in [7, 11) is 0. The fourth-order valence-corrected chi connectivity index (χ4v) is 1.66. The minimum Gasteiger partial charge on any atom is -0.399 e. The molecule has 1 aromatic rings. The monoisotopic (exact) mass is 220 g/mol. The number of anilines is 1. The van der Waals surface area contributed by atoms with Crippen molar-refractivity contribution in [2.75, 3.05) is 18.8 Å². The molecule has 2 nitrogen and oxygen atoms in total. The maximum atomic E-state index is 5.88. The van der Waals surface area contributed by atoms with E-state index in [1.165, 1.54) is 12.0 Å². The standard InChI is InChI=1S/C14H24N2/c1-3-12(2)11-16-10-6-8-13-7-4-5-9-14(13)15/h4-5,7,9,12,16H,3,6,8,10-11,15H2,1-2H3. The highest BCUT2D eigenvalue weighted by Gasteiger charge is 1.99. The molecule has 0 bridgehead atoms. The van der Waals surface area contributed by atoms with Crippen molar-refractivity contribution in [3.8, 4) is 0 Å². The third-order valence-electron chi connectivity index (χ3n) is 3.04. The smallest absolute Gasteiger partial charge is 0.0346 e. The lowest BCUT2D eigenvalue weighted by Crippen LogP contribution is -2.22. The molecule has 2 heteroatoms. The first-order chi connectivity index (χ1) is 7.74. The van der Waals surface area contributed by atoms with Crippen LogP contribution >= 0.6 is 0 Å². The first-order valence-electron chi connectivity index (χ1n) is 6.28. The van der Waals surface area contributed by atoms with Crippen LogP contribution in [0.1, 0.15) is 32.3 Å². The number of hydrogen-bond acceptors (Lipinski definition) is 2. The van der Waals surface area contributed by atoms with E-state index >= 15 is 0 Å². The van der Waals surface area contributed by atoms with Crippen LogP contribution in [0.15, 0.2) is 24.3 Å². The summed E-state index contributed by atoms with van der Waals surface area (Å²) in [5, 5.41) is 3.48. The predicted octanol–water partition coefficient (Wildman–Crippen LogP) is 2.84. The normalized spacial score (nSPS) is 12.6. The number of nitrogens with one attached hydrogen (secondary N) is 1. The molecule has 1 atom stereocenters. The minimum atomic E-state index is 0.779. The third kappa shape index (κ3) is 4.67. The molecule has 16 heavy (non-hydrogen) atoms. The molecule has 90 valence electrons. The minimum absolute atomic E-state index is 0.779. The second-order valence-electron chi connectivity index (χ2n) is 4.52. The van der Waals surface area contributed by atoms with E-state index in [0.29, 0.717) is 0 Å². The molecule has 0 aliphatic carbocycles. The second-order valence-corrected chi connectivity index (χ2v) is 4.52. The predicted molar refractivity (Wildman–Crippen MR) is 71.5 cm³/mol. The zero-order chi connectivity index (χ0) is 11.8. The van der Waals surface area contributed by atoms with E-state index in [2.05, 4.69) is 31.3 Å². The molecule has 1 unspecified atom stereocenters. The van der Waals surface area contributed by atoms with Crippen LogP contribution in [0.25, 0.3) is 0 Å². The van der Waals surface area contributed by atoms with Crippen LogP contribution in [0.5, 0.6) is 0 Å². The zero-order valence-electron chi connectivity index (χ0n) is 10.5. The Bertz CT molecular complexity index is 297. The van der Waals surface area contributed by atoms with Crippen LogP contribution in [0, 0.1) is 5.92 Å². The molecule has 0 aliphatic rings. The fraction of sp³-hybridized carbons (Fsp3) is 0.571. The Labute approximate surface area is 99.2 Å². The van der Waals surface area contributed by atoms with Gasteiger partial charge in [0.05, 0.1) is 0 Å². The van der Waals surface area contributed by atoms with Crippen molar-refractivity contribution in [3.05, 3.63) is 29.8 Å². The molecule has 0 saturated heterocycles. The van der Waals surface area contributed by atoms with E-state index in [4.69, 9.17) is 5.73 Å². The summed E-state index contributed by atoms with van der Waals surface area (Å²) >= 11 is 0. The lowest BCUT2D eigenvalue weighted by atomic mass is 10.1. The van der Waals surface area contributed by atoms with Gasteiger partial charge in [-0.2, -0.15) is 0 Å². The Morgan fingerprint density at radius 1 is 1.31 bits per heavy atom. The van der Waals surface area contributed by atoms with Crippen LogP contribution in [0.4, 0.5) is 5.69 Å². The Morgan fingerprint density at radius 2 is 2.06 bits per heavy atom. The summed E-state index contributed by atoms with van der Waals surface area (Å²) in [6.07, 6.45) is 3.48. The molecule has 1 aromatic carbocycles. The van der Waals surface area contributed by atoms with E-state index in [0.717, 1.165) is 37.5 Å². The van der Waals surface area contributed by atoms with Gasteiger partial charge in [-0.05, 0) is 43.5 Å². The average Bonchev–Trinajstić information content (AvgIpc) is 2.30. The SMILES string of the molecule is CCC(C)CNCCCc1ccccc1N. The largest absolute Gasteiger partial charge is 0.399 e. The highest BCUT2D eigenvalue weighted by Crippen LogP contribution is 2.12. The number of rotatable bonds is 7. The molecular formula is C14H24N2. The van der Waals surface area contributed by atoms with Crippen LogP contribution in [-0.4, -0.2) is 13.1 Å². The van der Waals surface area contributed by atoms with Gasteiger partial charge in [-0.15, -0.1) is 0 Å². The molecule has 0 fully saturated rings. The van der Waals surface area contributed by atoms with Gasteiger partial charge in [-0.1, -0.05) is 38.5 Å². The van der Waals surface area contributed by atoms with E-state index in [9.17, 15) is 0 Å². The molecule has 0 amide bonds. The summed E-state index contributed by atoms with van der Waals surface area (Å²) in [5.41, 5.74) is 8.08. The van der Waals surface area contributed by atoms with E-state index < -0.39 is 0 Å². The lowest BCUT2D eigenvalue weighted by molar-refractivity contribution is 0.496. The van der Waals surface area contributed by atoms with Gasteiger partial charge in [0.15, 0.2) is 0 Å². The van der Waals surface area contributed by atoms with Crippen LogP contribution in [-0.2, 0) is 6.42 Å². The summed E-state index contributed by atoms with van der Waals surface area (Å²) in [6, 6.07) is 8.13. The lowest BCUT2D eigenvalue weighted by Gasteiger charge is -2.10. The van der Waals surface area contributed by atoms with Crippen LogP contribution in [0.3, 0.4) is 0 Å². The van der Waals surface area contributed by atoms with Gasteiger partial charge in [-0.25, -0.2) is 0 Å². The number of nitrogen functional groups attached to an aromatic ring is 1. The number of para-hydroxylation sites is 1. The molecule has 3 N–H and O–H groups in total. The first kappa shape index (κ1) is 13.0. The Hall–Kier alpha value is -1.02. The van der Waals surface area contributed by atoms with E-state index in [1.807, 2.05) is 12.1 Å². The molecule has 0 aromatic heterocycles. The van der Waals surface area contributed by atoms with Crippen molar-refractivity contribution in [3.63, 3.8) is 0 Å². The van der Waals surface area contributed by atoms with Gasteiger partial charge in [0.25, 0.3) is 0 Å². The quantitative estimate of drug-likeness (QED) is 0.548.